The molecule has 0 aliphatic carbocycles. The fourth-order valence-electron chi connectivity index (χ4n) is 1.19. The Bertz CT molecular complexity index is 262. The zero-order valence-corrected chi connectivity index (χ0v) is 10.6. The summed E-state index contributed by atoms with van der Waals surface area (Å²) >= 11 is 0. The summed E-state index contributed by atoms with van der Waals surface area (Å²) in [4.78, 5) is 11.7. The third kappa shape index (κ3) is 4.55. The summed E-state index contributed by atoms with van der Waals surface area (Å²) in [5.41, 5.74) is -0.984. The maximum atomic E-state index is 11.4. The smallest absolute Gasteiger partial charge is 0.321 e. The third-order valence-corrected chi connectivity index (χ3v) is 2.30. The standard InChI is InChI=1S/C10H20BNO4/c1-6-11(7-2)16-12(14)8-10(3,4)9(13)15-5/h8H,6-7H2,1-5H3/b12-8+. The first kappa shape index (κ1) is 14.8. The van der Waals surface area contributed by atoms with Crippen LogP contribution in [0.5, 0.6) is 0 Å². The number of hydrogen-bond donors (Lipinski definition) is 0. The molecule has 5 nitrogen and oxygen atoms in total. The van der Waals surface area contributed by atoms with Crippen LogP contribution in [0.15, 0.2) is 0 Å². The van der Waals surface area contributed by atoms with Gasteiger partial charge in [-0.05, 0) is 13.8 Å². The molecule has 0 unspecified atom stereocenters. The molecule has 0 aromatic carbocycles. The highest BCUT2D eigenvalue weighted by atomic mass is 16.8. The predicted molar refractivity (Wildman–Crippen MR) is 63.3 cm³/mol. The van der Waals surface area contributed by atoms with Gasteiger partial charge >= 0.3 is 5.97 Å². The van der Waals surface area contributed by atoms with Gasteiger partial charge in [-0.3, -0.25) is 10.0 Å². The van der Waals surface area contributed by atoms with Crippen LogP contribution in [0.1, 0.15) is 27.7 Å². The summed E-state index contributed by atoms with van der Waals surface area (Å²) in [6.07, 6.45) is 2.68. The minimum Gasteiger partial charge on any atom is -0.468 e. The lowest BCUT2D eigenvalue weighted by molar-refractivity contribution is -0.700. The fourth-order valence-corrected chi connectivity index (χ4v) is 1.19. The molecule has 0 heterocycles. The largest absolute Gasteiger partial charge is 0.468 e. The molecule has 16 heavy (non-hydrogen) atoms. The van der Waals surface area contributed by atoms with Gasteiger partial charge in [-0.15, -0.1) is 0 Å². The van der Waals surface area contributed by atoms with Crippen molar-refractivity contribution in [3.05, 3.63) is 5.21 Å². The average molecular weight is 229 g/mol. The number of nitrogens with zero attached hydrogens (tertiary/aromatic N) is 1. The molecule has 0 radical (unpaired) electrons. The van der Waals surface area contributed by atoms with Crippen molar-refractivity contribution in [2.24, 2.45) is 5.41 Å². The number of methoxy groups -OCH3 is 1. The topological polar surface area (TPSA) is 61.6 Å². The van der Waals surface area contributed by atoms with Gasteiger partial charge in [-0.25, -0.2) is 0 Å². The number of hydrogen-bond acceptors (Lipinski definition) is 4. The van der Waals surface area contributed by atoms with E-state index < -0.39 is 11.4 Å². The molecule has 0 aliphatic heterocycles. The molecule has 0 fully saturated rings. The highest BCUT2D eigenvalue weighted by Crippen LogP contribution is 2.13. The van der Waals surface area contributed by atoms with Crippen molar-refractivity contribution in [1.29, 1.82) is 0 Å². The maximum absolute atomic E-state index is 11.4. The van der Waals surface area contributed by atoms with Crippen LogP contribution in [-0.2, 0) is 14.3 Å². The second-order valence-corrected chi connectivity index (χ2v) is 4.17. The Labute approximate surface area is 97.1 Å². The second kappa shape index (κ2) is 6.40. The number of carbonyl (C=O) groups excluding carboxylic acids is 1. The lowest BCUT2D eigenvalue weighted by Gasteiger charge is -2.17. The van der Waals surface area contributed by atoms with E-state index in [0.717, 1.165) is 12.6 Å². The fraction of sp³-hybridized carbons (Fsp3) is 0.800. The van der Waals surface area contributed by atoms with Crippen LogP contribution in [0.3, 0.4) is 0 Å². The molecule has 0 rings (SSSR count). The molecule has 0 aromatic heterocycles. The zero-order chi connectivity index (χ0) is 12.8. The van der Waals surface area contributed by atoms with E-state index in [1.807, 2.05) is 13.8 Å². The van der Waals surface area contributed by atoms with Crippen molar-refractivity contribution in [2.75, 3.05) is 7.11 Å². The second-order valence-electron chi connectivity index (χ2n) is 4.17. The van der Waals surface area contributed by atoms with E-state index in [2.05, 4.69) is 4.74 Å². The van der Waals surface area contributed by atoms with E-state index in [-0.39, 0.29) is 6.92 Å². The Balaban J connectivity index is 4.57. The molecule has 0 atom stereocenters. The molecular formula is C10H20BNO4. The van der Waals surface area contributed by atoms with Crippen molar-refractivity contribution < 1.29 is 19.2 Å². The van der Waals surface area contributed by atoms with Crippen LogP contribution in [0.25, 0.3) is 0 Å². The predicted octanol–water partition coefficient (Wildman–Crippen LogP) is 1.73. The summed E-state index contributed by atoms with van der Waals surface area (Å²) in [7, 11) is 1.29. The van der Waals surface area contributed by atoms with Crippen molar-refractivity contribution in [1.82, 2.24) is 0 Å². The molecule has 0 N–H and O–H groups in total. The van der Waals surface area contributed by atoms with Gasteiger partial charge in [-0.1, -0.05) is 26.5 Å². The highest BCUT2D eigenvalue weighted by Gasteiger charge is 2.32. The Kier molecular flexibility index (Phi) is 5.92. The number of esters is 1. The van der Waals surface area contributed by atoms with E-state index in [4.69, 9.17) is 4.76 Å². The van der Waals surface area contributed by atoms with Crippen LogP contribution in [-0.4, -0.2) is 31.1 Å². The van der Waals surface area contributed by atoms with Crippen LogP contribution in [0.4, 0.5) is 0 Å². The molecule has 92 valence electrons. The first-order valence-corrected chi connectivity index (χ1v) is 5.44. The maximum Gasteiger partial charge on any atom is 0.321 e. The van der Waals surface area contributed by atoms with E-state index in [1.165, 1.54) is 13.3 Å². The summed E-state index contributed by atoms with van der Waals surface area (Å²) in [6, 6.07) is 0. The van der Waals surface area contributed by atoms with Crippen molar-refractivity contribution in [2.45, 2.75) is 40.3 Å². The van der Waals surface area contributed by atoms with Gasteiger partial charge in [0.1, 0.15) is 5.41 Å². The van der Waals surface area contributed by atoms with E-state index in [1.54, 1.807) is 13.8 Å². The Morgan fingerprint density at radius 2 is 1.94 bits per heavy atom. The number of ether oxygens (including phenoxy) is 1. The molecular weight excluding hydrogens is 209 g/mol. The van der Waals surface area contributed by atoms with E-state index in [0.29, 0.717) is 4.90 Å². The molecule has 0 saturated heterocycles. The summed E-state index contributed by atoms with van der Waals surface area (Å²) < 4.78 is 9.68. The number of rotatable bonds is 6. The minimum atomic E-state index is -0.984. The minimum absolute atomic E-state index is 0.123. The van der Waals surface area contributed by atoms with Gasteiger partial charge in [0, 0.05) is 4.90 Å². The van der Waals surface area contributed by atoms with Crippen molar-refractivity contribution in [3.8, 4) is 0 Å². The van der Waals surface area contributed by atoms with Crippen LogP contribution in [0.2, 0.25) is 12.6 Å². The molecule has 0 aliphatic rings. The van der Waals surface area contributed by atoms with Crippen molar-refractivity contribution >= 4 is 19.1 Å². The molecule has 0 aromatic rings. The lowest BCUT2D eigenvalue weighted by atomic mass is 9.63. The molecule has 0 saturated carbocycles. The lowest BCUT2D eigenvalue weighted by Crippen LogP contribution is -2.32. The first-order valence-electron chi connectivity index (χ1n) is 5.44. The first-order chi connectivity index (χ1) is 7.37. The zero-order valence-electron chi connectivity index (χ0n) is 10.6. The highest BCUT2D eigenvalue weighted by molar-refractivity contribution is 6.51. The van der Waals surface area contributed by atoms with Gasteiger partial charge in [0.05, 0.1) is 7.11 Å². The van der Waals surface area contributed by atoms with Crippen molar-refractivity contribution in [3.63, 3.8) is 0 Å². The van der Waals surface area contributed by atoms with E-state index >= 15 is 0 Å². The molecule has 0 amide bonds. The van der Waals surface area contributed by atoms with Crippen LogP contribution >= 0.6 is 0 Å². The monoisotopic (exact) mass is 229 g/mol. The Hall–Kier alpha value is -1.20. The Morgan fingerprint density at radius 3 is 2.31 bits per heavy atom. The van der Waals surface area contributed by atoms with Gasteiger partial charge in [0.15, 0.2) is 0 Å². The van der Waals surface area contributed by atoms with Gasteiger partial charge < -0.3 is 9.49 Å². The SMILES string of the molecule is CCB(CC)O/[N+]([O-])=C/C(C)(C)C(=O)OC. The van der Waals surface area contributed by atoms with E-state index in [9.17, 15) is 10.0 Å². The van der Waals surface area contributed by atoms with Gasteiger partial charge in [0.2, 0.25) is 6.21 Å². The molecule has 0 spiro atoms. The summed E-state index contributed by atoms with van der Waals surface area (Å²) in [6.45, 7) is 6.95. The van der Waals surface area contributed by atoms with Crippen LogP contribution < -0.4 is 0 Å². The molecule has 6 heteroatoms. The normalized spacial score (nSPS) is 12.2. The van der Waals surface area contributed by atoms with Gasteiger partial charge in [0.25, 0.3) is 6.92 Å². The average Bonchev–Trinajstić information content (AvgIpc) is 2.23. The summed E-state index contributed by atoms with van der Waals surface area (Å²) in [5.74, 6) is -0.471. The quantitative estimate of drug-likeness (QED) is 0.229. The third-order valence-electron chi connectivity index (χ3n) is 2.30. The van der Waals surface area contributed by atoms with Crippen LogP contribution in [0, 0.1) is 10.6 Å². The molecule has 0 bridgehead atoms. The Morgan fingerprint density at radius 1 is 1.44 bits per heavy atom. The van der Waals surface area contributed by atoms with Gasteiger partial charge in [-0.2, -0.15) is 0 Å². The summed E-state index contributed by atoms with van der Waals surface area (Å²) in [5, 5.41) is 11.4. The number of carbonyl (C=O) groups is 1.